The number of hydrogen-bond acceptors (Lipinski definition) is 15. The molecule has 2 aliphatic heterocycles. The lowest BCUT2D eigenvalue weighted by Crippen LogP contribution is -2.63. The van der Waals surface area contributed by atoms with Crippen LogP contribution in [0, 0.1) is 0 Å². The minimum absolute atomic E-state index is 0.0204. The Hall–Kier alpha value is -3.35. The lowest BCUT2D eigenvalue weighted by Gasteiger charge is -2.46. The Morgan fingerprint density at radius 2 is 1.40 bits per heavy atom. The first-order valence-corrected chi connectivity index (χ1v) is 12.9. The molecule has 0 amide bonds. The maximum absolute atomic E-state index is 13.1. The van der Waals surface area contributed by atoms with Gasteiger partial charge in [0, 0.05) is 17.7 Å². The molecule has 2 saturated heterocycles. The van der Waals surface area contributed by atoms with Crippen LogP contribution in [-0.2, 0) is 14.2 Å². The van der Waals surface area contributed by atoms with Gasteiger partial charge in [-0.2, -0.15) is 0 Å². The van der Waals surface area contributed by atoms with Gasteiger partial charge < -0.3 is 69.7 Å². The van der Waals surface area contributed by atoms with E-state index >= 15 is 0 Å². The average Bonchev–Trinajstić information content (AvgIpc) is 2.96. The second-order valence-electron chi connectivity index (χ2n) is 10.1. The van der Waals surface area contributed by atoms with Gasteiger partial charge in [0.05, 0.1) is 18.8 Å². The Morgan fingerprint density at radius 1 is 0.762 bits per heavy atom. The number of aromatic hydroxyl groups is 3. The zero-order valence-corrected chi connectivity index (χ0v) is 21.7. The molecule has 2 aliphatic rings. The highest BCUT2D eigenvalue weighted by atomic mass is 16.7. The molecule has 0 unspecified atom stereocenters. The lowest BCUT2D eigenvalue weighted by atomic mass is 9.89. The molecule has 1 aromatic heterocycles. The number of hydrogen-bond donors (Lipinski definition) is 10. The van der Waals surface area contributed by atoms with Crippen LogP contribution < -0.4 is 5.43 Å². The van der Waals surface area contributed by atoms with Crippen LogP contribution >= 0.6 is 0 Å². The van der Waals surface area contributed by atoms with E-state index in [1.165, 1.54) is 24.3 Å². The van der Waals surface area contributed by atoms with Crippen molar-refractivity contribution in [2.45, 2.75) is 61.2 Å². The average molecular weight is 595 g/mol. The van der Waals surface area contributed by atoms with E-state index in [4.69, 9.17) is 18.6 Å². The number of phenols is 3. The van der Waals surface area contributed by atoms with Gasteiger partial charge >= 0.3 is 0 Å². The van der Waals surface area contributed by atoms with Gasteiger partial charge in [-0.3, -0.25) is 4.79 Å². The largest absolute Gasteiger partial charge is 0.508 e. The molecule has 10 atom stereocenters. The Kier molecular flexibility index (Phi) is 8.41. The number of aliphatic hydroxyl groups excluding tert-OH is 7. The molecule has 0 radical (unpaired) electrons. The van der Waals surface area contributed by atoms with Crippen LogP contribution in [0.1, 0.15) is 11.7 Å². The first-order chi connectivity index (χ1) is 20.0. The molecule has 2 fully saturated rings. The third-order valence-corrected chi connectivity index (χ3v) is 7.45. The molecule has 42 heavy (non-hydrogen) atoms. The summed E-state index contributed by atoms with van der Waals surface area (Å²) in [6.45, 7) is -1.62. The standard InChI is InChI=1S/C27H30O15/c28-7-15-19(33)22(36)23(37)27(41-15)42-26-20(34)16(8-29)40-25(24(26)38)18-12(32)6-14-17(21(18)35)11(31)5-13(39-14)9-1-3-10(30)4-2-9/h1-6,15-16,19-20,22-30,32-38H,7-8H2/t15-,16-,19-,20-,22+,23-,24+,25-,26+,27-/m1/s1. The van der Waals surface area contributed by atoms with Crippen molar-refractivity contribution in [3.63, 3.8) is 0 Å². The van der Waals surface area contributed by atoms with E-state index in [-0.39, 0.29) is 22.5 Å². The number of fused-ring (bicyclic) bond motifs is 1. The van der Waals surface area contributed by atoms with Crippen molar-refractivity contribution < 1.29 is 69.7 Å². The van der Waals surface area contributed by atoms with E-state index in [2.05, 4.69) is 0 Å². The predicted molar refractivity (Wildman–Crippen MR) is 138 cm³/mol. The summed E-state index contributed by atoms with van der Waals surface area (Å²) in [4.78, 5) is 13.1. The van der Waals surface area contributed by atoms with Crippen LogP contribution in [0.2, 0.25) is 0 Å². The zero-order valence-electron chi connectivity index (χ0n) is 21.7. The third kappa shape index (κ3) is 5.20. The molecule has 3 aromatic rings. The summed E-state index contributed by atoms with van der Waals surface area (Å²) in [6, 6.07) is 7.77. The van der Waals surface area contributed by atoms with Crippen LogP contribution in [0.15, 0.2) is 45.6 Å². The normalized spacial score (nSPS) is 33.6. The van der Waals surface area contributed by atoms with Gasteiger partial charge in [0.1, 0.15) is 88.9 Å². The fourth-order valence-electron chi connectivity index (χ4n) is 5.17. The SMILES string of the molecule is O=c1cc(-c2ccc(O)cc2)oc2cc(O)c([C@H]3O[C@H](CO)[C@@H](O)[C@H](O[C@H]4O[C@H](CO)[C@@H](O)[C@H](O)[C@H]4O)[C@H]3O)c(O)c12. The van der Waals surface area contributed by atoms with Crippen LogP contribution in [0.3, 0.4) is 0 Å². The molecule has 0 bridgehead atoms. The quantitative estimate of drug-likeness (QED) is 0.147. The van der Waals surface area contributed by atoms with Gasteiger partial charge in [0.25, 0.3) is 0 Å². The maximum atomic E-state index is 13.1. The first-order valence-electron chi connectivity index (χ1n) is 12.9. The number of aliphatic hydroxyl groups is 7. The molecular weight excluding hydrogens is 564 g/mol. The summed E-state index contributed by atoms with van der Waals surface area (Å²) in [6.07, 6.45) is -17.3. The molecule has 15 nitrogen and oxygen atoms in total. The lowest BCUT2D eigenvalue weighted by molar-refractivity contribution is -0.342. The molecule has 0 aliphatic carbocycles. The van der Waals surface area contributed by atoms with Crippen molar-refractivity contribution in [2.75, 3.05) is 13.2 Å². The van der Waals surface area contributed by atoms with E-state index in [1.54, 1.807) is 0 Å². The molecule has 0 spiro atoms. The van der Waals surface area contributed by atoms with E-state index in [0.717, 1.165) is 12.1 Å². The summed E-state index contributed by atoms with van der Waals surface area (Å²) in [5.41, 5.74) is -1.07. The Bertz CT molecular complexity index is 1470. The predicted octanol–water partition coefficient (Wildman–Crippen LogP) is -2.08. The fourth-order valence-corrected chi connectivity index (χ4v) is 5.17. The highest BCUT2D eigenvalue weighted by Gasteiger charge is 2.51. The van der Waals surface area contributed by atoms with Crippen molar-refractivity contribution in [1.29, 1.82) is 0 Å². The summed E-state index contributed by atoms with van der Waals surface area (Å²) in [7, 11) is 0. The number of ether oxygens (including phenoxy) is 3. The zero-order chi connectivity index (χ0) is 30.5. The molecular formula is C27H30O15. The molecule has 2 aromatic carbocycles. The first kappa shape index (κ1) is 30.1. The van der Waals surface area contributed by atoms with Gasteiger partial charge in [-0.1, -0.05) is 0 Å². The van der Waals surface area contributed by atoms with Crippen molar-refractivity contribution in [1.82, 2.24) is 0 Å². The topological polar surface area (TPSA) is 260 Å². The van der Waals surface area contributed by atoms with E-state index < -0.39 is 96.9 Å². The Balaban J connectivity index is 1.52. The summed E-state index contributed by atoms with van der Waals surface area (Å²) in [5.74, 6) is -1.49. The summed E-state index contributed by atoms with van der Waals surface area (Å²) >= 11 is 0. The van der Waals surface area contributed by atoms with Crippen LogP contribution in [0.5, 0.6) is 17.2 Å². The Labute approximate surface area is 236 Å². The molecule has 0 saturated carbocycles. The number of rotatable bonds is 6. The monoisotopic (exact) mass is 594 g/mol. The minimum Gasteiger partial charge on any atom is -0.508 e. The summed E-state index contributed by atoms with van der Waals surface area (Å²) < 4.78 is 22.2. The highest BCUT2D eigenvalue weighted by Crippen LogP contribution is 2.45. The fraction of sp³-hybridized carbons (Fsp3) is 0.444. The molecule has 5 rings (SSSR count). The van der Waals surface area contributed by atoms with E-state index in [9.17, 15) is 55.9 Å². The van der Waals surface area contributed by atoms with Crippen molar-refractivity contribution in [3.05, 3.63) is 52.2 Å². The third-order valence-electron chi connectivity index (χ3n) is 7.45. The van der Waals surface area contributed by atoms with Crippen molar-refractivity contribution in [3.8, 4) is 28.6 Å². The second-order valence-corrected chi connectivity index (χ2v) is 10.1. The van der Waals surface area contributed by atoms with Crippen molar-refractivity contribution >= 4 is 11.0 Å². The number of phenolic OH excluding ortho intramolecular Hbond substituents is 3. The molecule has 15 heteroatoms. The van der Waals surface area contributed by atoms with E-state index in [0.29, 0.717) is 5.56 Å². The maximum Gasteiger partial charge on any atom is 0.197 e. The molecule has 10 N–H and O–H groups in total. The van der Waals surface area contributed by atoms with Gasteiger partial charge in [0.2, 0.25) is 0 Å². The van der Waals surface area contributed by atoms with Gasteiger partial charge in [-0.05, 0) is 24.3 Å². The van der Waals surface area contributed by atoms with Gasteiger partial charge in [-0.15, -0.1) is 0 Å². The smallest absolute Gasteiger partial charge is 0.197 e. The van der Waals surface area contributed by atoms with Crippen LogP contribution in [0.25, 0.3) is 22.3 Å². The van der Waals surface area contributed by atoms with Crippen LogP contribution in [0.4, 0.5) is 0 Å². The van der Waals surface area contributed by atoms with Crippen LogP contribution in [-0.4, -0.2) is 119 Å². The molecule has 228 valence electrons. The van der Waals surface area contributed by atoms with Gasteiger partial charge in [-0.25, -0.2) is 0 Å². The molecule has 3 heterocycles. The Morgan fingerprint density at radius 3 is 2.05 bits per heavy atom. The summed E-state index contributed by atoms with van der Waals surface area (Å²) in [5, 5.41) is 103. The van der Waals surface area contributed by atoms with E-state index in [1.807, 2.05) is 0 Å². The highest BCUT2D eigenvalue weighted by molar-refractivity contribution is 5.88. The number of benzene rings is 2. The van der Waals surface area contributed by atoms with Crippen molar-refractivity contribution in [2.24, 2.45) is 0 Å². The second kappa shape index (κ2) is 11.7. The minimum atomic E-state index is -1.95. The van der Waals surface area contributed by atoms with Gasteiger partial charge in [0.15, 0.2) is 11.7 Å².